The van der Waals surface area contributed by atoms with E-state index < -0.39 is 17.6 Å². The zero-order valence-electron chi connectivity index (χ0n) is 18.2. The second-order valence-electron chi connectivity index (χ2n) is 7.87. The second kappa shape index (κ2) is 9.85. The molecule has 3 aromatic rings. The molecule has 6 nitrogen and oxygen atoms in total. The molecule has 174 valence electrons. The number of carbonyl (C=O) groups is 1. The van der Waals surface area contributed by atoms with Crippen LogP contribution in [0.15, 0.2) is 53.5 Å². The molecule has 0 aliphatic carbocycles. The van der Waals surface area contributed by atoms with Crippen LogP contribution in [0.25, 0.3) is 11.3 Å². The maximum atomic E-state index is 13.9. The van der Waals surface area contributed by atoms with Crippen LogP contribution in [0.1, 0.15) is 35.3 Å². The number of nitrogens with one attached hydrogen (secondary N) is 3. The number of rotatable bonds is 5. The first-order valence-electron chi connectivity index (χ1n) is 10.2. The molecule has 3 N–H and O–H groups in total. The lowest BCUT2D eigenvalue weighted by atomic mass is 10.1. The number of halogens is 4. The summed E-state index contributed by atoms with van der Waals surface area (Å²) in [7, 11) is 0. The summed E-state index contributed by atoms with van der Waals surface area (Å²) in [6, 6.07) is 10.2. The largest absolute Gasteiger partial charge is 0.416 e. The molecule has 1 heterocycles. The molecule has 0 aliphatic rings. The number of aromatic amines is 1. The summed E-state index contributed by atoms with van der Waals surface area (Å²) in [6.45, 7) is 6.06. The van der Waals surface area contributed by atoms with Gasteiger partial charge in [-0.1, -0.05) is 26.0 Å². The maximum Gasteiger partial charge on any atom is 0.416 e. The van der Waals surface area contributed by atoms with E-state index in [9.17, 15) is 22.4 Å². The molecular weight excluding hydrogens is 438 g/mol. The van der Waals surface area contributed by atoms with Crippen molar-refractivity contribution in [1.82, 2.24) is 15.5 Å². The third-order valence-corrected chi connectivity index (χ3v) is 4.65. The van der Waals surface area contributed by atoms with Crippen molar-refractivity contribution in [3.8, 4) is 11.3 Å². The Hall–Kier alpha value is -3.69. The zero-order chi connectivity index (χ0) is 24.2. The lowest BCUT2D eigenvalue weighted by Gasteiger charge is -2.12. The van der Waals surface area contributed by atoms with Gasteiger partial charge in [0.1, 0.15) is 11.6 Å². The van der Waals surface area contributed by atoms with Crippen LogP contribution in [-0.4, -0.2) is 28.6 Å². The summed E-state index contributed by atoms with van der Waals surface area (Å²) >= 11 is 0. The van der Waals surface area contributed by atoms with E-state index in [0.29, 0.717) is 29.2 Å². The highest BCUT2D eigenvalue weighted by Gasteiger charge is 2.30. The highest BCUT2D eigenvalue weighted by Crippen LogP contribution is 2.29. The van der Waals surface area contributed by atoms with Crippen LogP contribution in [0.2, 0.25) is 0 Å². The Kier molecular flexibility index (Phi) is 7.15. The topological polar surface area (TPSA) is 82.2 Å². The van der Waals surface area contributed by atoms with E-state index in [-0.39, 0.29) is 23.3 Å². The van der Waals surface area contributed by atoms with Gasteiger partial charge in [0.15, 0.2) is 0 Å². The standard InChI is InChI=1S/C23H23F4N5O/c1-13(2)12-28-22(30-21(33)15-6-8-17(9-7-15)23(25,26)27)29-20-11-19(31-32-20)16-5-4-14(3)18(24)10-16/h4-11,13H,12H2,1-3H3,(H3,28,29,30,31,32,33). The number of aromatic nitrogens is 2. The van der Waals surface area contributed by atoms with E-state index in [1.807, 2.05) is 13.8 Å². The summed E-state index contributed by atoms with van der Waals surface area (Å²) in [5.74, 6) is -0.359. The highest BCUT2D eigenvalue weighted by molar-refractivity contribution is 6.06. The molecule has 1 aromatic heterocycles. The molecule has 1 amide bonds. The van der Waals surface area contributed by atoms with Crippen molar-refractivity contribution in [3.63, 3.8) is 0 Å². The van der Waals surface area contributed by atoms with Gasteiger partial charge in [0.2, 0.25) is 5.96 Å². The fourth-order valence-corrected chi connectivity index (χ4v) is 2.79. The summed E-state index contributed by atoms with van der Waals surface area (Å²) in [4.78, 5) is 16.5. The number of anilines is 1. The SMILES string of the molecule is Cc1ccc(-c2cc(N/C(=N\C(=O)c3ccc(C(F)(F)F)cc3)NCC(C)C)[nH]n2)cc1F. The fourth-order valence-electron chi connectivity index (χ4n) is 2.79. The molecule has 2 aromatic carbocycles. The minimum Gasteiger partial charge on any atom is -0.355 e. The van der Waals surface area contributed by atoms with E-state index in [4.69, 9.17) is 0 Å². The van der Waals surface area contributed by atoms with Gasteiger partial charge in [-0.2, -0.15) is 23.3 Å². The quantitative estimate of drug-likeness (QED) is 0.270. The molecule has 0 unspecified atom stereocenters. The molecule has 0 fully saturated rings. The van der Waals surface area contributed by atoms with Crippen molar-refractivity contribution in [2.75, 3.05) is 11.9 Å². The van der Waals surface area contributed by atoms with Gasteiger partial charge in [-0.3, -0.25) is 9.89 Å². The lowest BCUT2D eigenvalue weighted by Crippen LogP contribution is -2.34. The number of amides is 1. The fraction of sp³-hybridized carbons (Fsp3) is 0.261. The molecule has 3 rings (SSSR count). The van der Waals surface area contributed by atoms with E-state index in [1.54, 1.807) is 25.1 Å². The van der Waals surface area contributed by atoms with Crippen molar-refractivity contribution in [3.05, 3.63) is 71.0 Å². The Morgan fingerprint density at radius 3 is 2.42 bits per heavy atom. The Morgan fingerprint density at radius 2 is 1.82 bits per heavy atom. The molecule has 0 atom stereocenters. The summed E-state index contributed by atoms with van der Waals surface area (Å²) in [5.41, 5.74) is 0.721. The average Bonchev–Trinajstić information content (AvgIpc) is 3.22. The average molecular weight is 461 g/mol. The number of hydrogen-bond acceptors (Lipinski definition) is 2. The Labute approximate surface area is 188 Å². The number of H-pyrrole nitrogens is 1. The van der Waals surface area contributed by atoms with Gasteiger partial charge in [-0.15, -0.1) is 0 Å². The number of hydrogen-bond donors (Lipinski definition) is 3. The molecule has 0 bridgehead atoms. The van der Waals surface area contributed by atoms with Crippen LogP contribution >= 0.6 is 0 Å². The second-order valence-corrected chi connectivity index (χ2v) is 7.87. The Morgan fingerprint density at radius 1 is 1.12 bits per heavy atom. The first kappa shape index (κ1) is 24.0. The Balaban J connectivity index is 1.81. The van der Waals surface area contributed by atoms with Crippen LogP contribution in [0.5, 0.6) is 0 Å². The van der Waals surface area contributed by atoms with Crippen molar-refractivity contribution in [2.24, 2.45) is 10.9 Å². The number of aryl methyl sites for hydroxylation is 1. The van der Waals surface area contributed by atoms with Gasteiger partial charge in [0.25, 0.3) is 5.91 Å². The van der Waals surface area contributed by atoms with Crippen LogP contribution in [-0.2, 0) is 6.18 Å². The molecule has 10 heteroatoms. The lowest BCUT2D eigenvalue weighted by molar-refractivity contribution is -0.137. The predicted octanol–water partition coefficient (Wildman–Crippen LogP) is 5.40. The Bertz CT molecular complexity index is 1150. The first-order valence-corrected chi connectivity index (χ1v) is 10.2. The minimum absolute atomic E-state index is 0.00840. The van der Waals surface area contributed by atoms with Crippen molar-refractivity contribution >= 4 is 17.7 Å². The molecule has 0 aliphatic heterocycles. The number of alkyl halides is 3. The van der Waals surface area contributed by atoms with Gasteiger partial charge in [-0.25, -0.2) is 4.39 Å². The van der Waals surface area contributed by atoms with Gasteiger partial charge >= 0.3 is 6.18 Å². The molecular formula is C23H23F4N5O. The molecule has 33 heavy (non-hydrogen) atoms. The molecule has 0 radical (unpaired) electrons. The van der Waals surface area contributed by atoms with E-state index in [2.05, 4.69) is 25.8 Å². The van der Waals surface area contributed by atoms with E-state index in [1.165, 1.54) is 6.07 Å². The van der Waals surface area contributed by atoms with Crippen molar-refractivity contribution < 1.29 is 22.4 Å². The zero-order valence-corrected chi connectivity index (χ0v) is 18.2. The number of benzene rings is 2. The minimum atomic E-state index is -4.49. The summed E-state index contributed by atoms with van der Waals surface area (Å²) in [5, 5.41) is 12.8. The van der Waals surface area contributed by atoms with Gasteiger partial charge in [-0.05, 0) is 48.7 Å². The van der Waals surface area contributed by atoms with Crippen LogP contribution < -0.4 is 10.6 Å². The van der Waals surface area contributed by atoms with Gasteiger partial charge in [0.05, 0.1) is 11.3 Å². The molecule has 0 saturated heterocycles. The molecule has 0 spiro atoms. The van der Waals surface area contributed by atoms with Crippen LogP contribution in [0.3, 0.4) is 0 Å². The third kappa shape index (κ3) is 6.41. The van der Waals surface area contributed by atoms with Gasteiger partial charge in [0, 0.05) is 23.7 Å². The summed E-state index contributed by atoms with van der Waals surface area (Å²) < 4.78 is 52.1. The number of carbonyl (C=O) groups excluding carboxylic acids is 1. The third-order valence-electron chi connectivity index (χ3n) is 4.65. The van der Waals surface area contributed by atoms with Crippen LogP contribution in [0.4, 0.5) is 23.4 Å². The highest BCUT2D eigenvalue weighted by atomic mass is 19.4. The van der Waals surface area contributed by atoms with Crippen LogP contribution in [0, 0.1) is 18.7 Å². The summed E-state index contributed by atoms with van der Waals surface area (Å²) in [6.07, 6.45) is -4.49. The number of guanidine groups is 1. The monoisotopic (exact) mass is 461 g/mol. The van der Waals surface area contributed by atoms with Gasteiger partial charge < -0.3 is 10.6 Å². The molecule has 0 saturated carbocycles. The predicted molar refractivity (Wildman–Crippen MR) is 118 cm³/mol. The normalized spacial score (nSPS) is 12.2. The first-order chi connectivity index (χ1) is 15.5. The number of nitrogens with zero attached hydrogens (tertiary/aromatic N) is 2. The van der Waals surface area contributed by atoms with E-state index in [0.717, 1.165) is 24.3 Å². The van der Waals surface area contributed by atoms with E-state index >= 15 is 0 Å². The number of aliphatic imine (C=N–C) groups is 1. The smallest absolute Gasteiger partial charge is 0.355 e. The van der Waals surface area contributed by atoms with Crippen molar-refractivity contribution in [1.29, 1.82) is 0 Å². The van der Waals surface area contributed by atoms with Crippen molar-refractivity contribution in [2.45, 2.75) is 26.9 Å². The maximum absolute atomic E-state index is 13.9.